The number of aliphatic hydroxyl groups excluding tert-OH is 1. The van der Waals surface area contributed by atoms with Crippen molar-refractivity contribution in [3.63, 3.8) is 0 Å². The first-order valence-electron chi connectivity index (χ1n) is 15.3. The molecule has 0 aromatic heterocycles. The standard InChI is InChI=1S/C33H48N4O4S/c1-9-17-34(8)30(39)27-26-19-22(7)33(42-26)28(27)31(40)37(25(20-38)21(5)6)29(33)32(41)36(18-10-2)24-15-13-23(14-16-24)35(11-3)12-4/h9-10,13-16,21-22,25-29,38H,1-2,11-12,17-20H2,3-8H3/t22?,25-,26+,27-,28-,29?,33?/m0/s1. The summed E-state index contributed by atoms with van der Waals surface area (Å²) in [6.45, 7) is 20.1. The van der Waals surface area contributed by atoms with E-state index in [1.165, 1.54) is 0 Å². The van der Waals surface area contributed by atoms with E-state index < -0.39 is 28.7 Å². The lowest BCUT2D eigenvalue weighted by molar-refractivity contribution is -0.145. The fourth-order valence-corrected chi connectivity index (χ4v) is 9.96. The molecular formula is C33H48N4O4S. The summed E-state index contributed by atoms with van der Waals surface area (Å²) in [7, 11) is 1.74. The number of thioether (sulfide) groups is 1. The number of likely N-dealkylation sites (N-methyl/N-ethyl adjacent to an activating group) is 1. The van der Waals surface area contributed by atoms with Crippen molar-refractivity contribution in [3.8, 4) is 0 Å². The van der Waals surface area contributed by atoms with Crippen LogP contribution in [0.5, 0.6) is 0 Å². The van der Waals surface area contributed by atoms with Gasteiger partial charge in [0.25, 0.3) is 5.91 Å². The van der Waals surface area contributed by atoms with E-state index in [1.807, 2.05) is 38.1 Å². The molecule has 9 heteroatoms. The first-order chi connectivity index (χ1) is 20.0. The van der Waals surface area contributed by atoms with Gasteiger partial charge in [0.1, 0.15) is 6.04 Å². The number of aliphatic hydroxyl groups is 1. The summed E-state index contributed by atoms with van der Waals surface area (Å²) in [5.74, 6) is -1.65. The Morgan fingerprint density at radius 2 is 1.69 bits per heavy atom. The highest BCUT2D eigenvalue weighted by molar-refractivity contribution is 8.02. The van der Waals surface area contributed by atoms with Crippen LogP contribution in [0.15, 0.2) is 49.6 Å². The maximum Gasteiger partial charge on any atom is 0.251 e. The van der Waals surface area contributed by atoms with Crippen LogP contribution >= 0.6 is 11.8 Å². The number of carbonyl (C=O) groups is 3. The Bertz CT molecular complexity index is 1180. The highest BCUT2D eigenvalue weighted by atomic mass is 32.2. The zero-order valence-electron chi connectivity index (χ0n) is 26.0. The van der Waals surface area contributed by atoms with Crippen molar-refractivity contribution in [2.24, 2.45) is 23.7 Å². The summed E-state index contributed by atoms with van der Waals surface area (Å²) in [5, 5.41) is 10.5. The molecule has 0 radical (unpaired) electrons. The van der Waals surface area contributed by atoms with Gasteiger partial charge in [-0.25, -0.2) is 0 Å². The van der Waals surface area contributed by atoms with Gasteiger partial charge in [-0.2, -0.15) is 0 Å². The molecule has 4 rings (SSSR count). The van der Waals surface area contributed by atoms with Crippen molar-refractivity contribution < 1.29 is 19.5 Å². The summed E-state index contributed by atoms with van der Waals surface area (Å²) >= 11 is 1.66. The van der Waals surface area contributed by atoms with E-state index in [0.29, 0.717) is 6.54 Å². The molecule has 3 amide bonds. The molecule has 3 aliphatic heterocycles. The number of benzene rings is 1. The number of likely N-dealkylation sites (tertiary alicyclic amines) is 1. The third kappa shape index (κ3) is 5.06. The summed E-state index contributed by atoms with van der Waals surface area (Å²) in [6.07, 6.45) is 4.15. The van der Waals surface area contributed by atoms with Crippen LogP contribution in [0.25, 0.3) is 0 Å². The van der Waals surface area contributed by atoms with E-state index in [1.54, 1.807) is 45.7 Å². The molecule has 3 heterocycles. The fourth-order valence-electron chi connectivity index (χ4n) is 7.57. The largest absolute Gasteiger partial charge is 0.394 e. The average molecular weight is 597 g/mol. The predicted octanol–water partition coefficient (Wildman–Crippen LogP) is 4.05. The zero-order chi connectivity index (χ0) is 30.9. The molecule has 3 fully saturated rings. The number of hydrogen-bond acceptors (Lipinski definition) is 6. The number of anilines is 2. The predicted molar refractivity (Wildman–Crippen MR) is 172 cm³/mol. The van der Waals surface area contributed by atoms with Gasteiger partial charge >= 0.3 is 0 Å². The SMILES string of the molecule is C=CCN(C)C(=O)[C@@H]1[C@H]2C(=O)N([C@@H](CO)C(C)C)C(C(=O)N(CC=C)c3ccc(N(CC)CC)cc3)C23S[C@@H]1CC3C. The Hall–Kier alpha value is -2.78. The molecule has 7 atom stereocenters. The molecule has 1 aromatic rings. The van der Waals surface area contributed by atoms with Crippen molar-refractivity contribution in [1.82, 2.24) is 9.80 Å². The molecular weight excluding hydrogens is 548 g/mol. The minimum atomic E-state index is -0.815. The summed E-state index contributed by atoms with van der Waals surface area (Å²) in [6, 6.07) is 6.60. The van der Waals surface area contributed by atoms with Crippen LogP contribution in [0.4, 0.5) is 11.4 Å². The van der Waals surface area contributed by atoms with Crippen molar-refractivity contribution in [1.29, 1.82) is 0 Å². The smallest absolute Gasteiger partial charge is 0.251 e. The molecule has 3 unspecified atom stereocenters. The second-order valence-corrected chi connectivity index (χ2v) is 13.8. The van der Waals surface area contributed by atoms with E-state index in [0.717, 1.165) is 30.9 Å². The van der Waals surface area contributed by atoms with Crippen LogP contribution in [0, 0.1) is 23.7 Å². The first kappa shape index (κ1) is 32.1. The lowest BCUT2D eigenvalue weighted by Gasteiger charge is -2.43. The molecule has 1 spiro atoms. The molecule has 1 aromatic carbocycles. The van der Waals surface area contributed by atoms with Gasteiger partial charge in [-0.15, -0.1) is 24.9 Å². The number of carbonyl (C=O) groups excluding carboxylic acids is 3. The van der Waals surface area contributed by atoms with Crippen molar-refractivity contribution in [2.75, 3.05) is 49.6 Å². The zero-order valence-corrected chi connectivity index (χ0v) is 26.8. The van der Waals surface area contributed by atoms with E-state index in [2.05, 4.69) is 38.8 Å². The lowest BCUT2D eigenvalue weighted by Crippen LogP contribution is -2.60. The fraction of sp³-hybridized carbons (Fsp3) is 0.606. The van der Waals surface area contributed by atoms with Crippen LogP contribution in [-0.2, 0) is 14.4 Å². The first-order valence-corrected chi connectivity index (χ1v) is 16.2. The molecule has 2 bridgehead atoms. The van der Waals surface area contributed by atoms with E-state index >= 15 is 0 Å². The van der Waals surface area contributed by atoms with Crippen LogP contribution in [0.2, 0.25) is 0 Å². The molecule has 230 valence electrons. The Morgan fingerprint density at radius 3 is 2.21 bits per heavy atom. The number of fused-ring (bicyclic) bond motifs is 1. The topological polar surface area (TPSA) is 84.4 Å². The van der Waals surface area contributed by atoms with Crippen LogP contribution in [0.1, 0.15) is 41.0 Å². The van der Waals surface area contributed by atoms with E-state index in [9.17, 15) is 19.5 Å². The molecule has 8 nitrogen and oxygen atoms in total. The van der Waals surface area contributed by atoms with Gasteiger partial charge in [0, 0.05) is 49.9 Å². The van der Waals surface area contributed by atoms with Gasteiger partial charge < -0.3 is 24.7 Å². The van der Waals surface area contributed by atoms with Crippen molar-refractivity contribution >= 4 is 40.9 Å². The van der Waals surface area contributed by atoms with E-state index in [4.69, 9.17) is 0 Å². The minimum Gasteiger partial charge on any atom is -0.394 e. The maximum absolute atomic E-state index is 14.9. The van der Waals surface area contributed by atoms with Crippen LogP contribution in [0.3, 0.4) is 0 Å². The van der Waals surface area contributed by atoms with Gasteiger partial charge in [-0.1, -0.05) is 32.9 Å². The van der Waals surface area contributed by atoms with Gasteiger partial charge in [0.05, 0.1) is 29.2 Å². The number of rotatable bonds is 13. The van der Waals surface area contributed by atoms with Gasteiger partial charge in [-0.05, 0) is 56.4 Å². The second kappa shape index (κ2) is 12.8. The number of nitrogens with zero attached hydrogens (tertiary/aromatic N) is 4. The quantitative estimate of drug-likeness (QED) is 0.346. The lowest BCUT2D eigenvalue weighted by atomic mass is 9.65. The highest BCUT2D eigenvalue weighted by Gasteiger charge is 2.77. The van der Waals surface area contributed by atoms with Gasteiger partial charge in [0.15, 0.2) is 0 Å². The Labute approximate surface area is 255 Å². The molecule has 0 saturated carbocycles. The monoisotopic (exact) mass is 596 g/mol. The third-order valence-electron chi connectivity index (χ3n) is 9.66. The van der Waals surface area contributed by atoms with Gasteiger partial charge in [-0.3, -0.25) is 14.4 Å². The molecule has 3 aliphatic rings. The normalized spacial score (nSPS) is 28.5. The van der Waals surface area contributed by atoms with Crippen molar-refractivity contribution in [2.45, 2.75) is 63.1 Å². The number of amides is 3. The minimum absolute atomic E-state index is 0.0382. The van der Waals surface area contributed by atoms with Crippen LogP contribution < -0.4 is 9.80 Å². The van der Waals surface area contributed by atoms with Gasteiger partial charge in [0.2, 0.25) is 11.8 Å². The highest BCUT2D eigenvalue weighted by Crippen LogP contribution is 2.69. The summed E-state index contributed by atoms with van der Waals surface area (Å²) in [4.78, 5) is 50.5. The molecule has 42 heavy (non-hydrogen) atoms. The van der Waals surface area contributed by atoms with Crippen molar-refractivity contribution in [3.05, 3.63) is 49.6 Å². The Balaban J connectivity index is 1.83. The van der Waals surface area contributed by atoms with E-state index in [-0.39, 0.29) is 48.0 Å². The summed E-state index contributed by atoms with van der Waals surface area (Å²) in [5.41, 5.74) is 1.81. The molecule has 3 saturated heterocycles. The molecule has 1 N–H and O–H groups in total. The summed E-state index contributed by atoms with van der Waals surface area (Å²) < 4.78 is -0.767. The Morgan fingerprint density at radius 1 is 1.10 bits per heavy atom. The second-order valence-electron chi connectivity index (χ2n) is 12.2. The Kier molecular flexibility index (Phi) is 9.82. The van der Waals surface area contributed by atoms with Crippen LogP contribution in [-0.4, -0.2) is 94.5 Å². The molecule has 0 aliphatic carbocycles. The average Bonchev–Trinajstić information content (AvgIpc) is 3.56. The third-order valence-corrected chi connectivity index (χ3v) is 11.7. The maximum atomic E-state index is 14.9. The number of hydrogen-bond donors (Lipinski definition) is 1.